The maximum Gasteiger partial charge on any atom is 0.191 e. The van der Waals surface area contributed by atoms with Crippen molar-refractivity contribution in [1.29, 1.82) is 0 Å². The average molecular weight is 327 g/mol. The minimum absolute atomic E-state index is 0.0802. The minimum atomic E-state index is -3.39. The van der Waals surface area contributed by atoms with E-state index in [1.165, 1.54) is 0 Å². The number of hydrogen-bond donors (Lipinski definition) is 2. The zero-order valence-electron chi connectivity index (χ0n) is 11.7. The lowest BCUT2D eigenvalue weighted by Crippen LogP contribution is -2.24. The van der Waals surface area contributed by atoms with Crippen LogP contribution in [0.3, 0.4) is 0 Å². The minimum Gasteiger partial charge on any atom is -0.330 e. The van der Waals surface area contributed by atoms with E-state index in [-0.39, 0.29) is 5.88 Å². The highest BCUT2D eigenvalue weighted by molar-refractivity contribution is 7.91. The summed E-state index contributed by atoms with van der Waals surface area (Å²) in [6, 6.07) is 10.5. The van der Waals surface area contributed by atoms with Crippen LogP contribution in [0.15, 0.2) is 41.3 Å². The summed E-state index contributed by atoms with van der Waals surface area (Å²) in [6.07, 6.45) is 1.75. The van der Waals surface area contributed by atoms with Crippen LogP contribution in [-0.4, -0.2) is 27.4 Å². The maximum absolute atomic E-state index is 12.5. The quantitative estimate of drug-likeness (QED) is 0.767. The lowest BCUT2D eigenvalue weighted by Gasteiger charge is -2.10. The maximum atomic E-state index is 12.5. The van der Waals surface area contributed by atoms with Crippen LogP contribution in [0.1, 0.15) is 12.8 Å². The molecule has 0 saturated carbocycles. The molecule has 0 radical (unpaired) electrons. The first-order valence-electron chi connectivity index (χ1n) is 6.87. The van der Waals surface area contributed by atoms with Crippen molar-refractivity contribution in [2.75, 3.05) is 19.0 Å². The van der Waals surface area contributed by atoms with Crippen molar-refractivity contribution in [1.82, 2.24) is 5.32 Å². The third-order valence-corrected chi connectivity index (χ3v) is 5.20. The van der Waals surface area contributed by atoms with Crippen molar-refractivity contribution in [2.45, 2.75) is 17.7 Å². The molecule has 2 rings (SSSR count). The normalized spacial score (nSPS) is 11.9. The van der Waals surface area contributed by atoms with E-state index in [0.717, 1.165) is 18.2 Å². The molecule has 0 aromatic heterocycles. The zero-order valence-corrected chi connectivity index (χ0v) is 13.3. The Labute approximate surface area is 130 Å². The van der Waals surface area contributed by atoms with E-state index in [1.54, 1.807) is 30.3 Å². The van der Waals surface area contributed by atoms with Crippen LogP contribution in [0.2, 0.25) is 5.02 Å². The first-order valence-corrected chi connectivity index (χ1v) is 8.90. The summed E-state index contributed by atoms with van der Waals surface area (Å²) in [5.74, 6) is -0.0802. The van der Waals surface area contributed by atoms with Gasteiger partial charge in [0, 0.05) is 15.8 Å². The molecule has 0 atom stereocenters. The molecule has 0 spiro atoms. The second-order valence-corrected chi connectivity index (χ2v) is 7.21. The molecular weight excluding hydrogens is 308 g/mol. The van der Waals surface area contributed by atoms with Crippen LogP contribution < -0.4 is 11.1 Å². The van der Waals surface area contributed by atoms with Crippen LogP contribution >= 0.6 is 11.6 Å². The van der Waals surface area contributed by atoms with Gasteiger partial charge >= 0.3 is 0 Å². The average Bonchev–Trinajstić information content (AvgIpc) is 2.47. The molecule has 0 heterocycles. The van der Waals surface area contributed by atoms with Crippen LogP contribution in [0.25, 0.3) is 10.8 Å². The molecule has 0 aliphatic carbocycles. The molecule has 2 aromatic rings. The molecule has 21 heavy (non-hydrogen) atoms. The number of sulfone groups is 1. The Kier molecular flexibility index (Phi) is 5.58. The Morgan fingerprint density at radius 1 is 1.05 bits per heavy atom. The second-order valence-electron chi connectivity index (χ2n) is 4.85. The first kappa shape index (κ1) is 16.2. The van der Waals surface area contributed by atoms with Gasteiger partial charge in [-0.05, 0) is 38.1 Å². The number of rotatable bonds is 7. The number of nitrogens with one attached hydrogen (secondary N) is 1. The largest absolute Gasteiger partial charge is 0.330 e. The highest BCUT2D eigenvalue weighted by Gasteiger charge is 2.17. The predicted molar refractivity (Wildman–Crippen MR) is 87.3 cm³/mol. The van der Waals surface area contributed by atoms with Gasteiger partial charge in [-0.3, -0.25) is 0 Å². The Morgan fingerprint density at radius 2 is 1.76 bits per heavy atom. The van der Waals surface area contributed by atoms with Gasteiger partial charge in [0.15, 0.2) is 9.84 Å². The van der Waals surface area contributed by atoms with E-state index in [2.05, 4.69) is 5.32 Å². The van der Waals surface area contributed by atoms with Crippen molar-refractivity contribution >= 4 is 32.2 Å². The van der Waals surface area contributed by atoms with Gasteiger partial charge in [-0.2, -0.15) is 0 Å². The highest BCUT2D eigenvalue weighted by atomic mass is 35.5. The van der Waals surface area contributed by atoms with E-state index >= 15 is 0 Å². The molecule has 0 aliphatic rings. The van der Waals surface area contributed by atoms with Gasteiger partial charge in [-0.15, -0.1) is 0 Å². The molecular formula is C15H19ClN2O2S. The van der Waals surface area contributed by atoms with Gasteiger partial charge in [0.2, 0.25) is 0 Å². The standard InChI is InChI=1S/C15H19ClN2O2S/c16-14-7-3-6-13-12(14)5-4-8-15(13)21(19,20)11-18-10-2-1-9-17/h3-8,18H,1-2,9-11,17H2. The lowest BCUT2D eigenvalue weighted by atomic mass is 10.1. The Bertz CT molecular complexity index is 717. The van der Waals surface area contributed by atoms with E-state index in [4.69, 9.17) is 17.3 Å². The van der Waals surface area contributed by atoms with E-state index < -0.39 is 9.84 Å². The van der Waals surface area contributed by atoms with Crippen LogP contribution in [-0.2, 0) is 9.84 Å². The molecule has 3 N–H and O–H groups in total. The molecule has 2 aromatic carbocycles. The van der Waals surface area contributed by atoms with Gasteiger partial charge < -0.3 is 11.1 Å². The van der Waals surface area contributed by atoms with Crippen molar-refractivity contribution < 1.29 is 8.42 Å². The molecule has 0 bridgehead atoms. The molecule has 0 saturated heterocycles. The van der Waals surface area contributed by atoms with Gasteiger partial charge in [-0.25, -0.2) is 8.42 Å². The summed E-state index contributed by atoms with van der Waals surface area (Å²) < 4.78 is 24.9. The second kappa shape index (κ2) is 7.22. The van der Waals surface area contributed by atoms with Gasteiger partial charge in [-0.1, -0.05) is 35.9 Å². The number of benzene rings is 2. The van der Waals surface area contributed by atoms with Gasteiger partial charge in [0.1, 0.15) is 5.88 Å². The topological polar surface area (TPSA) is 72.2 Å². The van der Waals surface area contributed by atoms with Gasteiger partial charge in [0.25, 0.3) is 0 Å². The third kappa shape index (κ3) is 3.95. The lowest BCUT2D eigenvalue weighted by molar-refractivity contribution is 0.583. The predicted octanol–water partition coefficient (Wildman–Crippen LogP) is 2.55. The molecule has 4 nitrogen and oxygen atoms in total. The summed E-state index contributed by atoms with van der Waals surface area (Å²) in [7, 11) is -3.39. The smallest absolute Gasteiger partial charge is 0.191 e. The van der Waals surface area contributed by atoms with Crippen LogP contribution in [0, 0.1) is 0 Å². The molecule has 114 valence electrons. The van der Waals surface area contributed by atoms with E-state index in [9.17, 15) is 8.42 Å². The third-order valence-electron chi connectivity index (χ3n) is 3.26. The monoisotopic (exact) mass is 326 g/mol. The van der Waals surface area contributed by atoms with E-state index in [1.807, 2.05) is 6.07 Å². The summed E-state index contributed by atoms with van der Waals surface area (Å²) in [5, 5.41) is 4.93. The fourth-order valence-corrected chi connectivity index (χ4v) is 3.80. The number of halogens is 1. The number of fused-ring (bicyclic) bond motifs is 1. The summed E-state index contributed by atoms with van der Waals surface area (Å²) in [5.41, 5.74) is 5.41. The van der Waals surface area contributed by atoms with E-state index in [0.29, 0.717) is 28.4 Å². The van der Waals surface area contributed by atoms with Crippen LogP contribution in [0.5, 0.6) is 0 Å². The fraction of sp³-hybridized carbons (Fsp3) is 0.333. The molecule has 0 amide bonds. The zero-order chi connectivity index (χ0) is 15.3. The van der Waals surface area contributed by atoms with Crippen molar-refractivity contribution in [3.8, 4) is 0 Å². The van der Waals surface area contributed by atoms with Crippen LogP contribution in [0.4, 0.5) is 0 Å². The fourth-order valence-electron chi connectivity index (χ4n) is 2.19. The number of unbranched alkanes of at least 4 members (excludes halogenated alkanes) is 1. The molecule has 0 unspecified atom stereocenters. The molecule has 0 fully saturated rings. The Morgan fingerprint density at radius 3 is 2.52 bits per heavy atom. The Hall–Kier alpha value is -1.14. The summed E-state index contributed by atoms with van der Waals surface area (Å²) in [4.78, 5) is 0.314. The van der Waals surface area contributed by atoms with Crippen molar-refractivity contribution in [2.24, 2.45) is 5.73 Å². The van der Waals surface area contributed by atoms with Crippen molar-refractivity contribution in [3.05, 3.63) is 41.4 Å². The Balaban J connectivity index is 2.22. The van der Waals surface area contributed by atoms with Crippen molar-refractivity contribution in [3.63, 3.8) is 0 Å². The molecule has 0 aliphatic heterocycles. The number of hydrogen-bond acceptors (Lipinski definition) is 4. The highest BCUT2D eigenvalue weighted by Crippen LogP contribution is 2.28. The molecule has 6 heteroatoms. The number of nitrogens with two attached hydrogens (primary N) is 1. The van der Waals surface area contributed by atoms with Gasteiger partial charge in [0.05, 0.1) is 4.90 Å². The first-order chi connectivity index (χ1) is 10.1. The summed E-state index contributed by atoms with van der Waals surface area (Å²) >= 11 is 6.12. The summed E-state index contributed by atoms with van der Waals surface area (Å²) in [6.45, 7) is 1.26. The SMILES string of the molecule is NCCCCNCS(=O)(=O)c1cccc2c(Cl)cccc12.